The summed E-state index contributed by atoms with van der Waals surface area (Å²) in [6, 6.07) is 0. The van der Waals surface area contributed by atoms with E-state index < -0.39 is 4.92 Å². The quantitative estimate of drug-likeness (QED) is 0.585. The molecule has 0 aromatic carbocycles. The molecule has 0 radical (unpaired) electrons. The van der Waals surface area contributed by atoms with E-state index in [4.69, 9.17) is 9.47 Å². The van der Waals surface area contributed by atoms with E-state index in [0.29, 0.717) is 6.54 Å². The number of hydrogen-bond acceptors (Lipinski definition) is 8. The summed E-state index contributed by atoms with van der Waals surface area (Å²) >= 11 is 0. The van der Waals surface area contributed by atoms with Gasteiger partial charge in [0, 0.05) is 26.2 Å². The van der Waals surface area contributed by atoms with Crippen LogP contribution in [0, 0.1) is 10.1 Å². The first-order chi connectivity index (χ1) is 10.6. The molecule has 9 heteroatoms. The van der Waals surface area contributed by atoms with Crippen molar-refractivity contribution in [2.45, 2.75) is 20.0 Å². The molecule has 2 heterocycles. The summed E-state index contributed by atoms with van der Waals surface area (Å²) in [6.45, 7) is 8.09. The third kappa shape index (κ3) is 4.50. The molecule has 0 amide bonds. The minimum atomic E-state index is -0.519. The van der Waals surface area contributed by atoms with Crippen LogP contribution in [0.2, 0.25) is 0 Å². The number of nitro groups is 1. The highest BCUT2D eigenvalue weighted by atomic mass is 16.6. The van der Waals surface area contributed by atoms with E-state index in [0.717, 1.165) is 32.8 Å². The molecule has 1 saturated heterocycles. The molecule has 1 aliphatic heterocycles. The summed E-state index contributed by atoms with van der Waals surface area (Å²) < 4.78 is 10.7. The summed E-state index contributed by atoms with van der Waals surface area (Å²) in [5.74, 6) is 0.174. The zero-order chi connectivity index (χ0) is 15.9. The van der Waals surface area contributed by atoms with Crippen molar-refractivity contribution in [2.75, 3.05) is 44.7 Å². The van der Waals surface area contributed by atoms with Gasteiger partial charge in [-0.15, -0.1) is 0 Å². The van der Waals surface area contributed by atoms with Crippen LogP contribution in [0.1, 0.15) is 13.8 Å². The van der Waals surface area contributed by atoms with Crippen molar-refractivity contribution in [1.29, 1.82) is 0 Å². The van der Waals surface area contributed by atoms with Gasteiger partial charge in [-0.05, 0) is 13.8 Å². The Kier molecular flexibility index (Phi) is 5.84. The number of anilines is 1. The van der Waals surface area contributed by atoms with Gasteiger partial charge in [0.25, 0.3) is 5.88 Å². The molecular formula is C13H21N5O4. The summed E-state index contributed by atoms with van der Waals surface area (Å²) in [4.78, 5) is 20.8. The molecule has 2 rings (SSSR count). The van der Waals surface area contributed by atoms with Gasteiger partial charge in [0.1, 0.15) is 6.33 Å². The minimum Gasteiger partial charge on any atom is -0.470 e. The molecule has 0 aliphatic carbocycles. The van der Waals surface area contributed by atoms with Gasteiger partial charge in [0.2, 0.25) is 5.82 Å². The molecule has 1 fully saturated rings. The van der Waals surface area contributed by atoms with Gasteiger partial charge in [-0.25, -0.2) is 4.98 Å². The summed E-state index contributed by atoms with van der Waals surface area (Å²) in [5.41, 5.74) is -0.224. The smallest absolute Gasteiger partial charge is 0.372 e. The second-order valence-electron chi connectivity index (χ2n) is 5.18. The maximum absolute atomic E-state index is 11.3. The molecule has 0 atom stereocenters. The number of rotatable bonds is 7. The molecule has 9 nitrogen and oxygen atoms in total. The largest absolute Gasteiger partial charge is 0.470 e. The molecule has 1 N–H and O–H groups in total. The zero-order valence-corrected chi connectivity index (χ0v) is 12.8. The summed E-state index contributed by atoms with van der Waals surface area (Å²) in [5, 5.41) is 14.3. The third-order valence-electron chi connectivity index (χ3n) is 3.14. The molecule has 0 saturated carbocycles. The van der Waals surface area contributed by atoms with Gasteiger partial charge in [-0.3, -0.25) is 15.0 Å². The third-order valence-corrected chi connectivity index (χ3v) is 3.14. The van der Waals surface area contributed by atoms with Gasteiger partial charge in [-0.2, -0.15) is 4.98 Å². The van der Waals surface area contributed by atoms with Crippen molar-refractivity contribution >= 4 is 11.5 Å². The monoisotopic (exact) mass is 311 g/mol. The van der Waals surface area contributed by atoms with Crippen LogP contribution in [0.25, 0.3) is 0 Å². The van der Waals surface area contributed by atoms with Crippen LogP contribution in [0.5, 0.6) is 5.88 Å². The average molecular weight is 311 g/mol. The Bertz CT molecular complexity index is 505. The van der Waals surface area contributed by atoms with Crippen LogP contribution in [0.3, 0.4) is 0 Å². The SMILES string of the molecule is CC(C)Oc1ncnc(NCCN2CCOCC2)c1[N+](=O)[O-]. The maximum atomic E-state index is 11.3. The number of aromatic nitrogens is 2. The number of hydrogen-bond donors (Lipinski definition) is 1. The second kappa shape index (κ2) is 7.85. The van der Waals surface area contributed by atoms with Gasteiger partial charge in [0.05, 0.1) is 24.2 Å². The lowest BCUT2D eigenvalue weighted by Crippen LogP contribution is -2.39. The van der Waals surface area contributed by atoms with E-state index in [1.54, 1.807) is 13.8 Å². The fourth-order valence-corrected chi connectivity index (χ4v) is 2.12. The van der Waals surface area contributed by atoms with Crippen molar-refractivity contribution in [3.05, 3.63) is 16.4 Å². The van der Waals surface area contributed by atoms with Crippen LogP contribution < -0.4 is 10.1 Å². The van der Waals surface area contributed by atoms with Gasteiger partial charge in [0.15, 0.2) is 0 Å². The number of morpholine rings is 1. The van der Waals surface area contributed by atoms with Crippen molar-refractivity contribution in [2.24, 2.45) is 0 Å². The lowest BCUT2D eigenvalue weighted by atomic mass is 10.4. The van der Waals surface area contributed by atoms with E-state index in [2.05, 4.69) is 20.2 Å². The number of nitrogens with zero attached hydrogens (tertiary/aromatic N) is 4. The van der Waals surface area contributed by atoms with Crippen molar-refractivity contribution in [3.63, 3.8) is 0 Å². The summed E-state index contributed by atoms with van der Waals surface area (Å²) in [6.07, 6.45) is 1.07. The van der Waals surface area contributed by atoms with Crippen LogP contribution in [0.4, 0.5) is 11.5 Å². The van der Waals surface area contributed by atoms with Gasteiger partial charge >= 0.3 is 5.69 Å². The Morgan fingerprint density at radius 1 is 1.45 bits per heavy atom. The molecule has 0 unspecified atom stereocenters. The average Bonchev–Trinajstić information content (AvgIpc) is 2.47. The Balaban J connectivity index is 2.01. The second-order valence-corrected chi connectivity index (χ2v) is 5.18. The van der Waals surface area contributed by atoms with Crippen molar-refractivity contribution < 1.29 is 14.4 Å². The lowest BCUT2D eigenvalue weighted by molar-refractivity contribution is -0.385. The van der Waals surface area contributed by atoms with E-state index in [1.807, 2.05) is 0 Å². The Morgan fingerprint density at radius 2 is 2.18 bits per heavy atom. The first-order valence-electron chi connectivity index (χ1n) is 7.28. The van der Waals surface area contributed by atoms with Crippen LogP contribution in [0.15, 0.2) is 6.33 Å². The zero-order valence-electron chi connectivity index (χ0n) is 12.8. The fourth-order valence-electron chi connectivity index (χ4n) is 2.12. The molecule has 122 valence electrons. The Morgan fingerprint density at radius 3 is 2.82 bits per heavy atom. The molecule has 22 heavy (non-hydrogen) atoms. The number of nitrogens with one attached hydrogen (secondary N) is 1. The van der Waals surface area contributed by atoms with E-state index in [1.165, 1.54) is 6.33 Å². The normalized spacial score (nSPS) is 15.8. The topological polar surface area (TPSA) is 103 Å². The first-order valence-corrected chi connectivity index (χ1v) is 7.28. The minimum absolute atomic E-state index is 0.0103. The van der Waals surface area contributed by atoms with Gasteiger partial charge in [-0.1, -0.05) is 0 Å². The highest BCUT2D eigenvalue weighted by Gasteiger charge is 2.25. The van der Waals surface area contributed by atoms with E-state index in [-0.39, 0.29) is 23.5 Å². The van der Waals surface area contributed by atoms with E-state index in [9.17, 15) is 10.1 Å². The predicted octanol–water partition coefficient (Wildman–Crippen LogP) is 0.916. The molecule has 1 aromatic rings. The fraction of sp³-hybridized carbons (Fsp3) is 0.692. The standard InChI is InChI=1S/C13H21N5O4/c1-10(2)22-13-11(18(19)20)12(15-9-16-13)14-3-4-17-5-7-21-8-6-17/h9-10H,3-8H2,1-2H3,(H,14,15,16). The van der Waals surface area contributed by atoms with E-state index >= 15 is 0 Å². The predicted molar refractivity (Wildman–Crippen MR) is 80.2 cm³/mol. The van der Waals surface area contributed by atoms with Crippen molar-refractivity contribution in [1.82, 2.24) is 14.9 Å². The lowest BCUT2D eigenvalue weighted by Gasteiger charge is -2.26. The van der Waals surface area contributed by atoms with Crippen LogP contribution in [-0.4, -0.2) is 65.3 Å². The highest BCUT2D eigenvalue weighted by Crippen LogP contribution is 2.31. The molecule has 1 aromatic heterocycles. The molecule has 1 aliphatic rings. The highest BCUT2D eigenvalue weighted by molar-refractivity contribution is 5.61. The summed E-state index contributed by atoms with van der Waals surface area (Å²) in [7, 11) is 0. The molecule has 0 spiro atoms. The van der Waals surface area contributed by atoms with Gasteiger partial charge < -0.3 is 14.8 Å². The van der Waals surface area contributed by atoms with Crippen LogP contribution in [-0.2, 0) is 4.74 Å². The van der Waals surface area contributed by atoms with Crippen molar-refractivity contribution in [3.8, 4) is 5.88 Å². The molecular weight excluding hydrogens is 290 g/mol. The maximum Gasteiger partial charge on any atom is 0.372 e. The Hall–Kier alpha value is -2.00. The first kappa shape index (κ1) is 16.4. The van der Waals surface area contributed by atoms with Crippen LogP contribution >= 0.6 is 0 Å². The Labute approximate surface area is 128 Å². The number of ether oxygens (including phenoxy) is 2. The molecule has 0 bridgehead atoms.